The minimum atomic E-state index is -0.300. The standard InChI is InChI=1S/C12H17BrO3/c1-8(14)4-5-9-6-7-10(15-2)11(13)12(9)16-3/h6-8,14H,4-5H2,1-3H3. The lowest BCUT2D eigenvalue weighted by Crippen LogP contribution is -2.03. The molecular weight excluding hydrogens is 272 g/mol. The number of methoxy groups -OCH3 is 2. The molecule has 0 amide bonds. The highest BCUT2D eigenvalue weighted by molar-refractivity contribution is 9.10. The van der Waals surface area contributed by atoms with Gasteiger partial charge in [0.1, 0.15) is 16.0 Å². The summed E-state index contributed by atoms with van der Waals surface area (Å²) in [7, 11) is 3.25. The molecule has 0 heterocycles. The smallest absolute Gasteiger partial charge is 0.139 e. The quantitative estimate of drug-likeness (QED) is 0.906. The second-order valence-electron chi connectivity index (χ2n) is 3.66. The molecule has 4 heteroatoms. The molecule has 16 heavy (non-hydrogen) atoms. The van der Waals surface area contributed by atoms with E-state index in [4.69, 9.17) is 9.47 Å². The Bertz CT molecular complexity index is 350. The fourth-order valence-electron chi connectivity index (χ4n) is 1.52. The normalized spacial score (nSPS) is 12.3. The van der Waals surface area contributed by atoms with Crippen molar-refractivity contribution in [2.75, 3.05) is 14.2 Å². The van der Waals surface area contributed by atoms with Crippen LogP contribution in [0.4, 0.5) is 0 Å². The third kappa shape index (κ3) is 3.12. The van der Waals surface area contributed by atoms with Crippen LogP contribution in [-0.4, -0.2) is 25.4 Å². The SMILES string of the molecule is COc1ccc(CCC(C)O)c(OC)c1Br. The van der Waals surface area contributed by atoms with Crippen molar-refractivity contribution in [2.24, 2.45) is 0 Å². The van der Waals surface area contributed by atoms with Gasteiger partial charge < -0.3 is 14.6 Å². The molecule has 1 unspecified atom stereocenters. The van der Waals surface area contributed by atoms with Gasteiger partial charge in [0.2, 0.25) is 0 Å². The van der Waals surface area contributed by atoms with E-state index in [1.165, 1.54) is 0 Å². The maximum atomic E-state index is 9.27. The van der Waals surface area contributed by atoms with Crippen LogP contribution in [0.2, 0.25) is 0 Å². The highest BCUT2D eigenvalue weighted by Crippen LogP contribution is 2.37. The summed E-state index contributed by atoms with van der Waals surface area (Å²) in [6.07, 6.45) is 1.20. The topological polar surface area (TPSA) is 38.7 Å². The molecule has 1 N–H and O–H groups in total. The molecular formula is C12H17BrO3. The number of hydrogen-bond donors (Lipinski definition) is 1. The molecule has 1 rings (SSSR count). The molecule has 0 aliphatic rings. The Morgan fingerprint density at radius 3 is 2.50 bits per heavy atom. The number of aryl methyl sites for hydroxylation is 1. The number of benzene rings is 1. The number of aliphatic hydroxyl groups excluding tert-OH is 1. The third-order valence-corrected chi connectivity index (χ3v) is 3.15. The lowest BCUT2D eigenvalue weighted by atomic mass is 10.1. The summed E-state index contributed by atoms with van der Waals surface area (Å²) in [5.74, 6) is 1.53. The van der Waals surface area contributed by atoms with Gasteiger partial charge in [-0.3, -0.25) is 0 Å². The van der Waals surface area contributed by atoms with Crippen LogP contribution in [0.15, 0.2) is 16.6 Å². The van der Waals surface area contributed by atoms with Gasteiger partial charge in [0.25, 0.3) is 0 Å². The van der Waals surface area contributed by atoms with E-state index >= 15 is 0 Å². The second-order valence-corrected chi connectivity index (χ2v) is 4.45. The fourth-order valence-corrected chi connectivity index (χ4v) is 2.23. The Balaban J connectivity index is 2.96. The van der Waals surface area contributed by atoms with E-state index in [9.17, 15) is 5.11 Å². The zero-order valence-electron chi connectivity index (χ0n) is 9.79. The van der Waals surface area contributed by atoms with Crippen molar-refractivity contribution in [3.8, 4) is 11.5 Å². The molecule has 3 nitrogen and oxygen atoms in total. The van der Waals surface area contributed by atoms with Gasteiger partial charge in [0.05, 0.1) is 20.3 Å². The summed E-state index contributed by atoms with van der Waals surface area (Å²) >= 11 is 3.45. The Labute approximate surface area is 105 Å². The molecule has 1 aromatic rings. The van der Waals surface area contributed by atoms with Crippen LogP contribution in [0.3, 0.4) is 0 Å². The lowest BCUT2D eigenvalue weighted by molar-refractivity contribution is 0.184. The van der Waals surface area contributed by atoms with Crippen molar-refractivity contribution in [1.29, 1.82) is 0 Å². The number of ether oxygens (including phenoxy) is 2. The van der Waals surface area contributed by atoms with Gasteiger partial charge >= 0.3 is 0 Å². The van der Waals surface area contributed by atoms with Gasteiger partial charge in [-0.15, -0.1) is 0 Å². The van der Waals surface area contributed by atoms with Gasteiger partial charge in [0.15, 0.2) is 0 Å². The van der Waals surface area contributed by atoms with Crippen LogP contribution in [0, 0.1) is 0 Å². The number of aliphatic hydroxyl groups is 1. The Morgan fingerprint density at radius 1 is 1.31 bits per heavy atom. The fraction of sp³-hybridized carbons (Fsp3) is 0.500. The van der Waals surface area contributed by atoms with Gasteiger partial charge in [-0.25, -0.2) is 0 Å². The highest BCUT2D eigenvalue weighted by atomic mass is 79.9. The first-order chi connectivity index (χ1) is 7.60. The van der Waals surface area contributed by atoms with Gasteiger partial charge in [-0.2, -0.15) is 0 Å². The first-order valence-corrected chi connectivity index (χ1v) is 5.96. The number of hydrogen-bond acceptors (Lipinski definition) is 3. The highest BCUT2D eigenvalue weighted by Gasteiger charge is 2.12. The summed E-state index contributed by atoms with van der Waals surface area (Å²) < 4.78 is 11.4. The third-order valence-electron chi connectivity index (χ3n) is 2.40. The van der Waals surface area contributed by atoms with Crippen LogP contribution >= 0.6 is 15.9 Å². The number of rotatable bonds is 5. The molecule has 0 radical (unpaired) electrons. The van der Waals surface area contributed by atoms with E-state index in [1.807, 2.05) is 12.1 Å². The van der Waals surface area contributed by atoms with Crippen molar-refractivity contribution < 1.29 is 14.6 Å². The molecule has 0 saturated heterocycles. The number of halogens is 1. The summed E-state index contributed by atoms with van der Waals surface area (Å²) in [5, 5.41) is 9.27. The average Bonchev–Trinajstić information content (AvgIpc) is 2.26. The molecule has 1 atom stereocenters. The predicted octanol–water partition coefficient (Wildman–Crippen LogP) is 2.78. The van der Waals surface area contributed by atoms with E-state index < -0.39 is 0 Å². The molecule has 0 spiro atoms. The second kappa shape index (κ2) is 6.11. The Kier molecular flexibility index (Phi) is 5.09. The van der Waals surface area contributed by atoms with E-state index in [0.717, 1.165) is 34.4 Å². The largest absolute Gasteiger partial charge is 0.495 e. The predicted molar refractivity (Wildman–Crippen MR) is 67.2 cm³/mol. The summed E-state index contributed by atoms with van der Waals surface area (Å²) in [6, 6.07) is 3.86. The van der Waals surface area contributed by atoms with Crippen molar-refractivity contribution in [3.05, 3.63) is 22.2 Å². The van der Waals surface area contributed by atoms with Gasteiger partial charge in [-0.1, -0.05) is 6.07 Å². The van der Waals surface area contributed by atoms with E-state index in [-0.39, 0.29) is 6.10 Å². The molecule has 0 aliphatic carbocycles. The first kappa shape index (κ1) is 13.3. The van der Waals surface area contributed by atoms with Crippen molar-refractivity contribution in [1.82, 2.24) is 0 Å². The molecule has 0 bridgehead atoms. The molecule has 0 fully saturated rings. The molecule has 1 aromatic carbocycles. The summed E-state index contributed by atoms with van der Waals surface area (Å²) in [4.78, 5) is 0. The monoisotopic (exact) mass is 288 g/mol. The van der Waals surface area contributed by atoms with Crippen molar-refractivity contribution >= 4 is 15.9 Å². The first-order valence-electron chi connectivity index (χ1n) is 5.17. The van der Waals surface area contributed by atoms with Crippen LogP contribution in [-0.2, 0) is 6.42 Å². The summed E-state index contributed by atoms with van der Waals surface area (Å²) in [6.45, 7) is 1.78. The van der Waals surface area contributed by atoms with Crippen LogP contribution in [0.5, 0.6) is 11.5 Å². The maximum Gasteiger partial charge on any atom is 0.139 e. The maximum absolute atomic E-state index is 9.27. The molecule has 0 saturated carbocycles. The Morgan fingerprint density at radius 2 is 2.00 bits per heavy atom. The Hall–Kier alpha value is -0.740. The summed E-state index contributed by atoms with van der Waals surface area (Å²) in [5.41, 5.74) is 1.07. The minimum Gasteiger partial charge on any atom is -0.495 e. The van der Waals surface area contributed by atoms with Crippen LogP contribution < -0.4 is 9.47 Å². The van der Waals surface area contributed by atoms with Crippen LogP contribution in [0.1, 0.15) is 18.9 Å². The zero-order chi connectivity index (χ0) is 12.1. The van der Waals surface area contributed by atoms with Crippen molar-refractivity contribution in [2.45, 2.75) is 25.9 Å². The average molecular weight is 289 g/mol. The van der Waals surface area contributed by atoms with E-state index in [1.54, 1.807) is 21.1 Å². The zero-order valence-corrected chi connectivity index (χ0v) is 11.4. The van der Waals surface area contributed by atoms with E-state index in [2.05, 4.69) is 15.9 Å². The molecule has 90 valence electrons. The lowest BCUT2D eigenvalue weighted by Gasteiger charge is -2.13. The van der Waals surface area contributed by atoms with Crippen LogP contribution in [0.25, 0.3) is 0 Å². The van der Waals surface area contributed by atoms with Gasteiger partial charge in [-0.05, 0) is 47.3 Å². The van der Waals surface area contributed by atoms with Crippen molar-refractivity contribution in [3.63, 3.8) is 0 Å². The van der Waals surface area contributed by atoms with E-state index in [0.29, 0.717) is 0 Å². The molecule has 0 aliphatic heterocycles. The molecule has 0 aromatic heterocycles. The minimum absolute atomic E-state index is 0.300. The van der Waals surface area contributed by atoms with Gasteiger partial charge in [0, 0.05) is 0 Å².